The van der Waals surface area contributed by atoms with Crippen molar-refractivity contribution in [3.05, 3.63) is 115 Å². The van der Waals surface area contributed by atoms with Crippen molar-refractivity contribution >= 4 is 23.6 Å². The van der Waals surface area contributed by atoms with Crippen molar-refractivity contribution in [1.82, 2.24) is 0 Å². The van der Waals surface area contributed by atoms with E-state index in [9.17, 15) is 0 Å². The van der Waals surface area contributed by atoms with E-state index in [2.05, 4.69) is 109 Å². The lowest BCUT2D eigenvalue weighted by Gasteiger charge is -2.30. The number of hydrogen-bond acceptors (Lipinski definition) is 0. The van der Waals surface area contributed by atoms with E-state index in [4.69, 9.17) is 0 Å². The van der Waals surface area contributed by atoms with Crippen LogP contribution in [0.2, 0.25) is 0 Å². The number of hydrogen-bond donors (Lipinski definition) is 0. The highest BCUT2D eigenvalue weighted by Crippen LogP contribution is 2.13. The normalized spacial score (nSPS) is 11.6. The van der Waals surface area contributed by atoms with Gasteiger partial charge in [-0.3, -0.25) is 0 Å². The first-order valence-corrected chi connectivity index (χ1v) is 13.9. The SMILES string of the molecule is C=CCCCCCCCC/C=C/[Si](c1ccccc1)(c1ccccc1)c1ccccc1. The largest absolute Gasteiger partial charge is 0.172 e. The molecular weight excluding hydrogens is 388 g/mol. The van der Waals surface area contributed by atoms with E-state index in [0.717, 1.165) is 12.8 Å². The van der Waals surface area contributed by atoms with Crippen molar-refractivity contribution in [3.63, 3.8) is 0 Å². The molecule has 3 aromatic carbocycles. The van der Waals surface area contributed by atoms with Gasteiger partial charge in [-0.05, 0) is 41.2 Å². The average Bonchev–Trinajstić information content (AvgIpc) is 2.84. The molecule has 0 aromatic heterocycles. The molecule has 0 aliphatic heterocycles. The first-order chi connectivity index (χ1) is 15.4. The maximum absolute atomic E-state index is 3.81. The van der Waals surface area contributed by atoms with Gasteiger partial charge in [0.1, 0.15) is 0 Å². The quantitative estimate of drug-likeness (QED) is 0.126. The van der Waals surface area contributed by atoms with Gasteiger partial charge < -0.3 is 0 Å². The molecule has 0 nitrogen and oxygen atoms in total. The van der Waals surface area contributed by atoms with Crippen molar-refractivity contribution in [1.29, 1.82) is 0 Å². The van der Waals surface area contributed by atoms with E-state index in [1.54, 1.807) is 0 Å². The zero-order valence-corrected chi connectivity index (χ0v) is 19.8. The third-order valence-electron chi connectivity index (χ3n) is 6.08. The highest BCUT2D eigenvalue weighted by atomic mass is 28.3. The second kappa shape index (κ2) is 12.9. The molecule has 0 radical (unpaired) electrons. The van der Waals surface area contributed by atoms with E-state index in [-0.39, 0.29) is 0 Å². The molecule has 1 heteroatoms. The number of rotatable bonds is 13. The Balaban J connectivity index is 1.78. The standard InChI is InChI=1S/C30H36Si/c1-2-3-4-5-6-7-8-9-10-20-27-31(28-21-14-11-15-22-28,29-23-16-12-17-24-29)30-25-18-13-19-26-30/h2,11-27H,1,3-10H2/b27-20+. The Morgan fingerprint density at radius 3 is 1.32 bits per heavy atom. The second-order valence-corrected chi connectivity index (χ2v) is 12.0. The van der Waals surface area contributed by atoms with Gasteiger partial charge in [0.2, 0.25) is 0 Å². The van der Waals surface area contributed by atoms with Crippen LogP contribution >= 0.6 is 0 Å². The summed E-state index contributed by atoms with van der Waals surface area (Å²) in [6.07, 6.45) is 14.8. The maximum Gasteiger partial charge on any atom is 0.172 e. The smallest absolute Gasteiger partial charge is 0.103 e. The van der Waals surface area contributed by atoms with Crippen LogP contribution in [0.15, 0.2) is 115 Å². The molecule has 0 spiro atoms. The third-order valence-corrected chi connectivity index (χ3v) is 10.6. The summed E-state index contributed by atoms with van der Waals surface area (Å²) in [4.78, 5) is 0. The number of unbranched alkanes of at least 4 members (excludes halogenated alkanes) is 7. The van der Waals surface area contributed by atoms with E-state index in [1.165, 1.54) is 54.1 Å². The minimum Gasteiger partial charge on any atom is -0.103 e. The van der Waals surface area contributed by atoms with Crippen LogP contribution < -0.4 is 15.6 Å². The van der Waals surface area contributed by atoms with Gasteiger partial charge in [-0.1, -0.05) is 135 Å². The van der Waals surface area contributed by atoms with Crippen molar-refractivity contribution in [3.8, 4) is 0 Å². The Morgan fingerprint density at radius 2 is 0.903 bits per heavy atom. The van der Waals surface area contributed by atoms with Crippen molar-refractivity contribution in [2.75, 3.05) is 0 Å². The maximum atomic E-state index is 3.81. The lowest BCUT2D eigenvalue weighted by molar-refractivity contribution is 0.600. The highest BCUT2D eigenvalue weighted by Gasteiger charge is 2.36. The zero-order valence-electron chi connectivity index (χ0n) is 18.8. The summed E-state index contributed by atoms with van der Waals surface area (Å²) >= 11 is 0. The first-order valence-electron chi connectivity index (χ1n) is 11.8. The van der Waals surface area contributed by atoms with Gasteiger partial charge in [0.15, 0.2) is 8.07 Å². The molecule has 0 aliphatic rings. The van der Waals surface area contributed by atoms with Crippen LogP contribution in [0.1, 0.15) is 51.4 Å². The van der Waals surface area contributed by atoms with Crippen LogP contribution in [-0.4, -0.2) is 8.07 Å². The molecule has 0 atom stereocenters. The lowest BCUT2D eigenvalue weighted by atomic mass is 10.1. The van der Waals surface area contributed by atoms with Crippen LogP contribution in [0.4, 0.5) is 0 Å². The predicted molar refractivity (Wildman–Crippen MR) is 140 cm³/mol. The second-order valence-electron chi connectivity index (χ2n) is 8.30. The van der Waals surface area contributed by atoms with Crippen molar-refractivity contribution in [2.45, 2.75) is 51.4 Å². The number of allylic oxidation sites excluding steroid dienone is 2. The molecule has 0 saturated heterocycles. The molecule has 0 unspecified atom stereocenters. The summed E-state index contributed by atoms with van der Waals surface area (Å²) in [6, 6.07) is 33.4. The highest BCUT2D eigenvalue weighted by molar-refractivity contribution is 7.14. The van der Waals surface area contributed by atoms with Crippen LogP contribution in [0, 0.1) is 0 Å². The minimum absolute atomic E-state index is 1.16. The van der Waals surface area contributed by atoms with Crippen molar-refractivity contribution < 1.29 is 0 Å². The van der Waals surface area contributed by atoms with Crippen LogP contribution in [0.5, 0.6) is 0 Å². The molecule has 3 aromatic rings. The predicted octanol–water partition coefficient (Wildman–Crippen LogP) is 6.56. The molecule has 160 valence electrons. The number of benzene rings is 3. The summed E-state index contributed by atoms with van der Waals surface area (Å²) < 4.78 is 0. The summed E-state index contributed by atoms with van der Waals surface area (Å²) in [7, 11) is -2.20. The van der Waals surface area contributed by atoms with E-state index < -0.39 is 8.07 Å². The molecule has 0 fully saturated rings. The first kappa shape index (κ1) is 23.0. The monoisotopic (exact) mass is 424 g/mol. The zero-order chi connectivity index (χ0) is 21.6. The fourth-order valence-electron chi connectivity index (χ4n) is 4.41. The van der Waals surface area contributed by atoms with Crippen LogP contribution in [0.25, 0.3) is 0 Å². The molecular formula is C30H36Si. The van der Waals surface area contributed by atoms with Gasteiger partial charge in [-0.2, -0.15) is 0 Å². The minimum atomic E-state index is -2.20. The fraction of sp³-hybridized carbons (Fsp3) is 0.267. The molecule has 0 heterocycles. The van der Waals surface area contributed by atoms with E-state index >= 15 is 0 Å². The van der Waals surface area contributed by atoms with Gasteiger partial charge in [0, 0.05) is 0 Å². The lowest BCUT2D eigenvalue weighted by Crippen LogP contribution is -2.66. The van der Waals surface area contributed by atoms with E-state index in [0.29, 0.717) is 0 Å². The van der Waals surface area contributed by atoms with Gasteiger partial charge in [-0.15, -0.1) is 6.58 Å². The van der Waals surface area contributed by atoms with Crippen molar-refractivity contribution in [2.24, 2.45) is 0 Å². The Labute approximate surface area is 190 Å². The topological polar surface area (TPSA) is 0 Å². The van der Waals surface area contributed by atoms with Crippen LogP contribution in [-0.2, 0) is 0 Å². The molecule has 0 bridgehead atoms. The van der Waals surface area contributed by atoms with Gasteiger partial charge in [0.05, 0.1) is 0 Å². The molecule has 0 aliphatic carbocycles. The Kier molecular flexibility index (Phi) is 9.60. The molecule has 0 N–H and O–H groups in total. The molecule has 0 saturated carbocycles. The summed E-state index contributed by atoms with van der Waals surface area (Å²) in [6.45, 7) is 3.81. The summed E-state index contributed by atoms with van der Waals surface area (Å²) in [5.74, 6) is 0. The Bertz CT molecular complexity index is 800. The van der Waals surface area contributed by atoms with Gasteiger partial charge in [-0.25, -0.2) is 0 Å². The Morgan fingerprint density at radius 1 is 0.516 bits per heavy atom. The van der Waals surface area contributed by atoms with E-state index in [1.807, 2.05) is 6.08 Å². The average molecular weight is 425 g/mol. The molecule has 0 amide bonds. The molecule has 3 rings (SSSR count). The Hall–Kier alpha value is -2.64. The fourth-order valence-corrected chi connectivity index (χ4v) is 8.66. The summed E-state index contributed by atoms with van der Waals surface area (Å²) in [5.41, 5.74) is 2.58. The molecule has 31 heavy (non-hydrogen) atoms. The summed E-state index contributed by atoms with van der Waals surface area (Å²) in [5, 5.41) is 4.35. The van der Waals surface area contributed by atoms with Crippen LogP contribution in [0.3, 0.4) is 0 Å². The third kappa shape index (κ3) is 6.42. The van der Waals surface area contributed by atoms with Gasteiger partial charge >= 0.3 is 0 Å². The van der Waals surface area contributed by atoms with Gasteiger partial charge in [0.25, 0.3) is 0 Å².